The molecule has 0 N–H and O–H groups in total. The van der Waals surface area contributed by atoms with Gasteiger partial charge in [-0.2, -0.15) is 0 Å². The first-order valence-electron chi connectivity index (χ1n) is 12.6. The van der Waals surface area contributed by atoms with E-state index in [1.54, 1.807) is 0 Å². The van der Waals surface area contributed by atoms with E-state index in [1.807, 2.05) is 88.1 Å². The number of hydrogen-bond acceptors (Lipinski definition) is 3. The van der Waals surface area contributed by atoms with Crippen LogP contribution in [0.25, 0.3) is 0 Å². The molecule has 1 amide bonds. The maximum absolute atomic E-state index is 13.7. The van der Waals surface area contributed by atoms with Crippen molar-refractivity contribution in [3.8, 4) is 0 Å². The zero-order valence-electron chi connectivity index (χ0n) is 20.6. The SMILES string of the molecule is O=C(c1cccc(N(Cc2ccc(Cl)cc2)S(=O)c2ccccc2)c1)N1CCN(C2=CCCC=C2)CC1. The summed E-state index contributed by atoms with van der Waals surface area (Å²) in [5.74, 6) is 0.00611. The summed E-state index contributed by atoms with van der Waals surface area (Å²) < 4.78 is 15.5. The van der Waals surface area contributed by atoms with Crippen LogP contribution in [0.3, 0.4) is 0 Å². The average Bonchev–Trinajstić information content (AvgIpc) is 2.97. The molecule has 1 heterocycles. The zero-order chi connectivity index (χ0) is 25.6. The van der Waals surface area contributed by atoms with Gasteiger partial charge in [0.1, 0.15) is 0 Å². The van der Waals surface area contributed by atoms with Crippen LogP contribution in [-0.4, -0.2) is 46.1 Å². The molecule has 0 saturated carbocycles. The summed E-state index contributed by atoms with van der Waals surface area (Å²) in [6.07, 6.45) is 8.86. The predicted octanol–water partition coefficient (Wildman–Crippen LogP) is 6.06. The van der Waals surface area contributed by atoms with Crippen molar-refractivity contribution in [2.75, 3.05) is 30.5 Å². The highest BCUT2D eigenvalue weighted by atomic mass is 35.5. The number of anilines is 1. The fourth-order valence-corrected chi connectivity index (χ4v) is 5.99. The summed E-state index contributed by atoms with van der Waals surface area (Å²) in [6, 6.07) is 24.4. The Labute approximate surface area is 226 Å². The molecule has 0 spiro atoms. The lowest BCUT2D eigenvalue weighted by molar-refractivity contribution is 0.0672. The van der Waals surface area contributed by atoms with Crippen LogP contribution in [0.1, 0.15) is 28.8 Å². The molecule has 5 rings (SSSR count). The number of carbonyl (C=O) groups excluding carboxylic acids is 1. The monoisotopic (exact) mass is 531 g/mol. The number of hydrogen-bond donors (Lipinski definition) is 0. The van der Waals surface area contributed by atoms with Crippen LogP contribution in [0.5, 0.6) is 0 Å². The molecule has 5 nitrogen and oxygen atoms in total. The molecule has 1 aliphatic heterocycles. The summed E-state index contributed by atoms with van der Waals surface area (Å²) in [4.78, 5) is 18.4. The van der Waals surface area contributed by atoms with E-state index in [2.05, 4.69) is 23.1 Å². The van der Waals surface area contributed by atoms with Crippen molar-refractivity contribution in [1.82, 2.24) is 9.80 Å². The minimum atomic E-state index is -1.46. The normalized spacial score (nSPS) is 16.3. The van der Waals surface area contributed by atoms with E-state index in [0.717, 1.165) is 37.2 Å². The van der Waals surface area contributed by atoms with Gasteiger partial charge in [-0.25, -0.2) is 4.21 Å². The third kappa shape index (κ3) is 6.14. The first kappa shape index (κ1) is 25.3. The molecule has 1 saturated heterocycles. The van der Waals surface area contributed by atoms with E-state index in [0.29, 0.717) is 35.1 Å². The van der Waals surface area contributed by atoms with Gasteiger partial charge in [0.25, 0.3) is 5.91 Å². The Morgan fingerprint density at radius 3 is 2.35 bits per heavy atom. The third-order valence-corrected chi connectivity index (χ3v) is 8.34. The molecule has 3 aromatic rings. The van der Waals surface area contributed by atoms with Crippen molar-refractivity contribution < 1.29 is 9.00 Å². The summed E-state index contributed by atoms with van der Waals surface area (Å²) in [5.41, 5.74) is 3.59. The Morgan fingerprint density at radius 2 is 1.65 bits per heavy atom. The lowest BCUT2D eigenvalue weighted by Crippen LogP contribution is -2.48. The number of carbonyl (C=O) groups is 1. The molecule has 37 heavy (non-hydrogen) atoms. The van der Waals surface area contributed by atoms with Crippen LogP contribution in [0.4, 0.5) is 5.69 Å². The second kappa shape index (κ2) is 11.8. The fraction of sp³-hybridized carbons (Fsp3) is 0.233. The van der Waals surface area contributed by atoms with Crippen LogP contribution in [-0.2, 0) is 17.5 Å². The summed E-state index contributed by atoms with van der Waals surface area (Å²) in [6.45, 7) is 3.42. The van der Waals surface area contributed by atoms with Crippen molar-refractivity contribution in [2.45, 2.75) is 24.3 Å². The average molecular weight is 532 g/mol. The van der Waals surface area contributed by atoms with Gasteiger partial charge in [-0.05, 0) is 66.9 Å². The van der Waals surface area contributed by atoms with Crippen LogP contribution in [0.2, 0.25) is 5.02 Å². The van der Waals surface area contributed by atoms with Gasteiger partial charge in [-0.15, -0.1) is 0 Å². The Balaban J connectivity index is 1.36. The molecule has 0 radical (unpaired) electrons. The summed E-state index contributed by atoms with van der Waals surface area (Å²) in [5, 5.41) is 0.656. The van der Waals surface area contributed by atoms with Crippen molar-refractivity contribution in [1.29, 1.82) is 0 Å². The first-order chi connectivity index (χ1) is 18.1. The highest BCUT2D eigenvalue weighted by Gasteiger charge is 2.24. The largest absolute Gasteiger partial charge is 0.368 e. The number of piperazine rings is 1. The Hall–Kier alpha value is -3.35. The molecular formula is C30H30ClN3O2S. The molecule has 3 aromatic carbocycles. The Bertz CT molecular complexity index is 1320. The van der Waals surface area contributed by atoms with Gasteiger partial charge in [-0.1, -0.05) is 60.2 Å². The van der Waals surface area contributed by atoms with Crippen molar-refractivity contribution in [3.63, 3.8) is 0 Å². The Kier molecular flexibility index (Phi) is 8.07. The van der Waals surface area contributed by atoms with Gasteiger partial charge in [0.2, 0.25) is 0 Å². The number of amides is 1. The minimum Gasteiger partial charge on any atom is -0.368 e. The third-order valence-electron chi connectivity index (χ3n) is 6.67. The molecule has 1 fully saturated rings. The Morgan fingerprint density at radius 1 is 0.892 bits per heavy atom. The predicted molar refractivity (Wildman–Crippen MR) is 151 cm³/mol. The molecule has 0 aromatic heterocycles. The second-order valence-electron chi connectivity index (χ2n) is 9.16. The fourth-order valence-electron chi connectivity index (χ4n) is 4.64. The topological polar surface area (TPSA) is 43.9 Å². The quantitative estimate of drug-likeness (QED) is 0.372. The molecule has 1 atom stereocenters. The number of halogens is 1. The van der Waals surface area contributed by atoms with Gasteiger partial charge < -0.3 is 9.80 Å². The van der Waals surface area contributed by atoms with E-state index >= 15 is 0 Å². The van der Waals surface area contributed by atoms with E-state index in [-0.39, 0.29) is 5.91 Å². The van der Waals surface area contributed by atoms with Gasteiger partial charge in [0, 0.05) is 42.5 Å². The first-order valence-corrected chi connectivity index (χ1v) is 14.1. The van der Waals surface area contributed by atoms with Crippen molar-refractivity contribution in [2.24, 2.45) is 0 Å². The van der Waals surface area contributed by atoms with Crippen LogP contribution in [0, 0.1) is 0 Å². The van der Waals surface area contributed by atoms with Gasteiger partial charge >= 0.3 is 0 Å². The standard InChI is InChI=1S/C30H30ClN3O2S/c31-26-16-14-24(15-17-26)23-34(37(36)29-12-5-2-6-13-29)28-11-7-8-25(22-28)30(35)33-20-18-32(19-21-33)27-9-3-1-4-10-27/h2-3,5-17,22H,1,4,18-21,23H2. The maximum Gasteiger partial charge on any atom is 0.254 e. The smallest absolute Gasteiger partial charge is 0.254 e. The van der Waals surface area contributed by atoms with Gasteiger partial charge in [0.05, 0.1) is 17.1 Å². The molecular weight excluding hydrogens is 502 g/mol. The summed E-state index contributed by atoms with van der Waals surface area (Å²) in [7, 11) is -1.46. The lowest BCUT2D eigenvalue weighted by Gasteiger charge is -2.37. The molecule has 1 unspecified atom stereocenters. The van der Waals surface area contributed by atoms with Crippen LogP contribution < -0.4 is 4.31 Å². The van der Waals surface area contributed by atoms with E-state index in [9.17, 15) is 9.00 Å². The van der Waals surface area contributed by atoms with Gasteiger partial charge in [0.15, 0.2) is 11.0 Å². The number of allylic oxidation sites excluding steroid dienone is 3. The van der Waals surface area contributed by atoms with Crippen LogP contribution in [0.15, 0.2) is 108 Å². The van der Waals surface area contributed by atoms with E-state index in [1.165, 1.54) is 5.70 Å². The minimum absolute atomic E-state index is 0.00611. The second-order valence-corrected chi connectivity index (χ2v) is 11.0. The van der Waals surface area contributed by atoms with E-state index in [4.69, 9.17) is 11.6 Å². The highest BCUT2D eigenvalue weighted by molar-refractivity contribution is 7.86. The molecule has 190 valence electrons. The number of benzene rings is 3. The zero-order valence-corrected chi connectivity index (χ0v) is 22.2. The van der Waals surface area contributed by atoms with Crippen molar-refractivity contribution >= 4 is 34.2 Å². The number of rotatable bonds is 7. The molecule has 7 heteroatoms. The maximum atomic E-state index is 13.7. The van der Waals surface area contributed by atoms with Gasteiger partial charge in [-0.3, -0.25) is 9.10 Å². The molecule has 0 bridgehead atoms. The highest BCUT2D eigenvalue weighted by Crippen LogP contribution is 2.26. The van der Waals surface area contributed by atoms with E-state index < -0.39 is 11.0 Å². The molecule has 2 aliphatic rings. The summed E-state index contributed by atoms with van der Waals surface area (Å²) >= 11 is 6.08. The molecule has 1 aliphatic carbocycles. The lowest BCUT2D eigenvalue weighted by atomic mass is 10.1. The number of nitrogens with zero attached hydrogens (tertiary/aromatic N) is 3. The van der Waals surface area contributed by atoms with Crippen molar-refractivity contribution in [3.05, 3.63) is 119 Å². The van der Waals surface area contributed by atoms with Crippen LogP contribution >= 0.6 is 11.6 Å².